The largest absolute Gasteiger partial charge is 0.479 e. The number of amides is 2. The average Bonchev–Trinajstić information content (AvgIpc) is 2.96. The van der Waals surface area contributed by atoms with E-state index < -0.39 is 17.5 Å². The number of rotatable bonds is 3. The van der Waals surface area contributed by atoms with E-state index in [0.717, 1.165) is 0 Å². The highest BCUT2D eigenvalue weighted by molar-refractivity contribution is 5.94. The third-order valence-electron chi connectivity index (χ3n) is 3.47. The Kier molecular flexibility index (Phi) is 3.22. The van der Waals surface area contributed by atoms with Crippen LogP contribution in [0.4, 0.5) is 10.5 Å². The third kappa shape index (κ3) is 1.92. The summed E-state index contributed by atoms with van der Waals surface area (Å²) in [6.07, 6.45) is 4.63. The van der Waals surface area contributed by atoms with Crippen LogP contribution in [-0.2, 0) is 4.79 Å². The molecule has 0 bridgehead atoms. The van der Waals surface area contributed by atoms with Crippen LogP contribution in [0, 0.1) is 0 Å². The number of H-pyrrole nitrogens is 1. The van der Waals surface area contributed by atoms with E-state index >= 15 is 0 Å². The van der Waals surface area contributed by atoms with Crippen molar-refractivity contribution in [1.82, 2.24) is 15.1 Å². The van der Waals surface area contributed by atoms with Crippen LogP contribution in [0.3, 0.4) is 0 Å². The number of urea groups is 1. The minimum absolute atomic E-state index is 0.391. The van der Waals surface area contributed by atoms with E-state index in [-0.39, 0.29) is 0 Å². The van der Waals surface area contributed by atoms with Crippen molar-refractivity contribution in [3.63, 3.8) is 0 Å². The van der Waals surface area contributed by atoms with Crippen LogP contribution < -0.4 is 5.32 Å². The van der Waals surface area contributed by atoms with Gasteiger partial charge in [-0.25, -0.2) is 9.59 Å². The van der Waals surface area contributed by atoms with Crippen molar-refractivity contribution < 1.29 is 14.7 Å². The van der Waals surface area contributed by atoms with Gasteiger partial charge in [0.1, 0.15) is 5.54 Å². The van der Waals surface area contributed by atoms with Crippen molar-refractivity contribution in [2.24, 2.45) is 0 Å². The molecule has 1 atom stereocenters. The molecule has 0 aliphatic carbocycles. The van der Waals surface area contributed by atoms with Gasteiger partial charge in [0.05, 0.1) is 11.9 Å². The standard InChI is InChI=1S/C11H16N4O3/c1-2-11(9(16)17)4-3-5-15(11)10(18)14-8-6-12-13-7-8/h6-7H,2-5H2,1H3,(H,12,13)(H,14,18)(H,16,17). The number of carboxylic acids is 1. The van der Waals surface area contributed by atoms with Gasteiger partial charge in [-0.2, -0.15) is 5.10 Å². The summed E-state index contributed by atoms with van der Waals surface area (Å²) < 4.78 is 0. The number of likely N-dealkylation sites (tertiary alicyclic amines) is 1. The maximum atomic E-state index is 12.1. The quantitative estimate of drug-likeness (QED) is 0.754. The van der Waals surface area contributed by atoms with Crippen LogP contribution in [0.2, 0.25) is 0 Å². The highest BCUT2D eigenvalue weighted by Gasteiger charge is 2.48. The fourth-order valence-electron chi connectivity index (χ4n) is 2.43. The zero-order valence-corrected chi connectivity index (χ0v) is 10.1. The molecule has 1 unspecified atom stereocenters. The molecule has 0 radical (unpaired) electrons. The van der Waals surface area contributed by atoms with Gasteiger partial charge in [-0.1, -0.05) is 6.92 Å². The molecule has 0 spiro atoms. The third-order valence-corrected chi connectivity index (χ3v) is 3.47. The monoisotopic (exact) mass is 252 g/mol. The first-order valence-corrected chi connectivity index (χ1v) is 5.91. The van der Waals surface area contributed by atoms with Crippen LogP contribution in [0.1, 0.15) is 26.2 Å². The molecule has 0 aromatic carbocycles. The molecule has 18 heavy (non-hydrogen) atoms. The maximum Gasteiger partial charge on any atom is 0.329 e. The van der Waals surface area contributed by atoms with E-state index in [4.69, 9.17) is 0 Å². The number of aromatic nitrogens is 2. The van der Waals surface area contributed by atoms with E-state index in [9.17, 15) is 14.7 Å². The van der Waals surface area contributed by atoms with Gasteiger partial charge >= 0.3 is 12.0 Å². The molecule has 2 amide bonds. The molecule has 7 heteroatoms. The summed E-state index contributed by atoms with van der Waals surface area (Å²) in [7, 11) is 0. The highest BCUT2D eigenvalue weighted by Crippen LogP contribution is 2.33. The summed E-state index contributed by atoms with van der Waals surface area (Å²) in [4.78, 5) is 24.9. The van der Waals surface area contributed by atoms with Crippen LogP contribution in [0.5, 0.6) is 0 Å². The lowest BCUT2D eigenvalue weighted by Gasteiger charge is -2.33. The Morgan fingerprint density at radius 3 is 3.00 bits per heavy atom. The van der Waals surface area contributed by atoms with Crippen molar-refractivity contribution >= 4 is 17.7 Å². The van der Waals surface area contributed by atoms with Crippen LogP contribution >= 0.6 is 0 Å². The first kappa shape index (κ1) is 12.4. The first-order valence-electron chi connectivity index (χ1n) is 5.91. The number of hydrogen-bond donors (Lipinski definition) is 3. The molecule has 98 valence electrons. The van der Waals surface area contributed by atoms with E-state index in [1.165, 1.54) is 11.1 Å². The summed E-state index contributed by atoms with van der Waals surface area (Å²) in [5.74, 6) is -0.940. The minimum atomic E-state index is -1.08. The molecule has 2 heterocycles. The second-order valence-electron chi connectivity index (χ2n) is 4.36. The van der Waals surface area contributed by atoms with Gasteiger partial charge in [0.25, 0.3) is 0 Å². The Balaban J connectivity index is 2.16. The predicted octanol–water partition coefficient (Wildman–Crippen LogP) is 1.27. The molecule has 1 fully saturated rings. The molecule has 3 N–H and O–H groups in total. The Morgan fingerprint density at radius 2 is 2.44 bits per heavy atom. The van der Waals surface area contributed by atoms with Crippen LogP contribution in [0.25, 0.3) is 0 Å². The van der Waals surface area contributed by atoms with Gasteiger partial charge in [-0.05, 0) is 19.3 Å². The lowest BCUT2D eigenvalue weighted by atomic mass is 9.93. The average molecular weight is 252 g/mol. The van der Waals surface area contributed by atoms with E-state index in [1.807, 2.05) is 0 Å². The Hall–Kier alpha value is -2.05. The van der Waals surface area contributed by atoms with E-state index in [2.05, 4.69) is 15.5 Å². The molecule has 1 aromatic heterocycles. The zero-order chi connectivity index (χ0) is 13.2. The van der Waals surface area contributed by atoms with Crippen molar-refractivity contribution in [3.8, 4) is 0 Å². The normalized spacial score (nSPS) is 23.1. The molecule has 1 aliphatic heterocycles. The van der Waals surface area contributed by atoms with Crippen LogP contribution in [0.15, 0.2) is 12.4 Å². The summed E-state index contributed by atoms with van der Waals surface area (Å²) in [5.41, 5.74) is -0.546. The number of hydrogen-bond acceptors (Lipinski definition) is 3. The SMILES string of the molecule is CCC1(C(=O)O)CCCN1C(=O)Nc1cn[nH]c1. The molecule has 1 saturated heterocycles. The highest BCUT2D eigenvalue weighted by atomic mass is 16.4. The van der Waals surface area contributed by atoms with Crippen LogP contribution in [-0.4, -0.2) is 44.3 Å². The molecular weight excluding hydrogens is 236 g/mol. The molecule has 1 aromatic rings. The number of nitrogens with one attached hydrogen (secondary N) is 2. The molecule has 0 saturated carbocycles. The Bertz CT molecular complexity index is 445. The van der Waals surface area contributed by atoms with Crippen molar-refractivity contribution in [2.45, 2.75) is 31.7 Å². The van der Waals surface area contributed by atoms with Gasteiger partial charge in [0.15, 0.2) is 0 Å². The summed E-state index contributed by atoms with van der Waals surface area (Å²) in [6, 6.07) is -0.391. The summed E-state index contributed by atoms with van der Waals surface area (Å²) in [5, 5.41) is 18.3. The minimum Gasteiger partial charge on any atom is -0.479 e. The van der Waals surface area contributed by atoms with E-state index in [0.29, 0.717) is 31.5 Å². The van der Waals surface area contributed by atoms with Crippen molar-refractivity contribution in [2.75, 3.05) is 11.9 Å². The number of nitrogens with zero attached hydrogens (tertiary/aromatic N) is 2. The van der Waals surface area contributed by atoms with Gasteiger partial charge in [0, 0.05) is 12.7 Å². The van der Waals surface area contributed by atoms with Gasteiger partial charge < -0.3 is 15.3 Å². The number of aromatic amines is 1. The molecule has 7 nitrogen and oxygen atoms in total. The first-order chi connectivity index (χ1) is 8.60. The number of anilines is 1. The summed E-state index contributed by atoms with van der Waals surface area (Å²) >= 11 is 0. The predicted molar refractivity (Wildman–Crippen MR) is 64.2 cm³/mol. The molecule has 2 rings (SSSR count). The van der Waals surface area contributed by atoms with Crippen molar-refractivity contribution in [3.05, 3.63) is 12.4 Å². The number of carboxylic acid groups (broad SMARTS) is 1. The lowest BCUT2D eigenvalue weighted by Crippen LogP contribution is -2.54. The Labute approximate surface area is 104 Å². The fourth-order valence-corrected chi connectivity index (χ4v) is 2.43. The second-order valence-corrected chi connectivity index (χ2v) is 4.36. The molecule has 1 aliphatic rings. The fraction of sp³-hybridized carbons (Fsp3) is 0.545. The van der Waals surface area contributed by atoms with E-state index in [1.54, 1.807) is 13.1 Å². The van der Waals surface area contributed by atoms with Gasteiger partial charge in [-0.15, -0.1) is 0 Å². The number of carbonyl (C=O) groups excluding carboxylic acids is 1. The Morgan fingerprint density at radius 1 is 1.67 bits per heavy atom. The molecular formula is C11H16N4O3. The lowest BCUT2D eigenvalue weighted by molar-refractivity contribution is -0.148. The maximum absolute atomic E-state index is 12.1. The summed E-state index contributed by atoms with van der Waals surface area (Å²) in [6.45, 7) is 2.25. The smallest absolute Gasteiger partial charge is 0.329 e. The van der Waals surface area contributed by atoms with Gasteiger partial charge in [-0.3, -0.25) is 5.10 Å². The second kappa shape index (κ2) is 4.67. The van der Waals surface area contributed by atoms with Crippen molar-refractivity contribution in [1.29, 1.82) is 0 Å². The zero-order valence-electron chi connectivity index (χ0n) is 10.1. The van der Waals surface area contributed by atoms with Gasteiger partial charge in [0.2, 0.25) is 0 Å². The number of aliphatic carboxylic acids is 1. The number of carbonyl (C=O) groups is 2. The topological polar surface area (TPSA) is 98.3 Å².